The van der Waals surface area contributed by atoms with Crippen molar-refractivity contribution in [2.24, 2.45) is 0 Å². The Balaban J connectivity index is 2.47. The number of hydrogen-bond donors (Lipinski definition) is 3. The summed E-state index contributed by atoms with van der Waals surface area (Å²) in [6, 6.07) is -0.119. The second-order valence-corrected chi connectivity index (χ2v) is 4.18. The van der Waals surface area contributed by atoms with Crippen LogP contribution in [-0.2, 0) is 0 Å². The molecule has 7 heteroatoms. The van der Waals surface area contributed by atoms with Crippen molar-refractivity contribution in [1.29, 1.82) is 0 Å². The predicted molar refractivity (Wildman–Crippen MR) is 71.5 cm³/mol. The summed E-state index contributed by atoms with van der Waals surface area (Å²) in [6.45, 7) is 4.74. The molecule has 0 spiro atoms. The molecule has 1 heterocycles. The molecule has 1 aromatic heterocycles. The Kier molecular flexibility index (Phi) is 4.70. The smallest absolute Gasteiger partial charge is 0.316 e. The van der Waals surface area contributed by atoms with Crippen molar-refractivity contribution >= 4 is 17.7 Å². The van der Waals surface area contributed by atoms with Crippen LogP contribution in [-0.4, -0.2) is 48.1 Å². The third kappa shape index (κ3) is 3.76. The summed E-state index contributed by atoms with van der Waals surface area (Å²) in [7, 11) is 3.39. The first-order chi connectivity index (χ1) is 8.41. The Morgan fingerprint density at radius 3 is 2.56 bits per heavy atom. The number of amides is 2. The molecule has 0 saturated carbocycles. The maximum absolute atomic E-state index is 11.3. The van der Waals surface area contributed by atoms with Gasteiger partial charge in [0.25, 0.3) is 0 Å². The lowest BCUT2D eigenvalue weighted by atomic mass is 10.3. The van der Waals surface area contributed by atoms with Gasteiger partial charge in [-0.05, 0) is 13.8 Å². The van der Waals surface area contributed by atoms with E-state index in [0.29, 0.717) is 30.5 Å². The van der Waals surface area contributed by atoms with Gasteiger partial charge < -0.3 is 21.3 Å². The molecule has 1 rings (SSSR count). The summed E-state index contributed by atoms with van der Waals surface area (Å²) in [6.07, 6.45) is 0. The van der Waals surface area contributed by atoms with Crippen LogP contribution in [0, 0.1) is 13.8 Å². The van der Waals surface area contributed by atoms with Crippen LogP contribution in [0.25, 0.3) is 0 Å². The first-order valence-electron chi connectivity index (χ1n) is 5.71. The number of nitrogens with one attached hydrogen (secondary N) is 2. The van der Waals surface area contributed by atoms with Crippen LogP contribution in [0.4, 0.5) is 16.4 Å². The lowest BCUT2D eigenvalue weighted by molar-refractivity contribution is 0.218. The van der Waals surface area contributed by atoms with Gasteiger partial charge in [0, 0.05) is 32.7 Å². The molecule has 0 aliphatic carbocycles. The molecule has 2 amide bonds. The van der Waals surface area contributed by atoms with Crippen LogP contribution in [0.5, 0.6) is 0 Å². The van der Waals surface area contributed by atoms with Crippen LogP contribution in [0.1, 0.15) is 11.4 Å². The third-order valence-corrected chi connectivity index (χ3v) is 2.40. The molecule has 0 radical (unpaired) electrons. The highest BCUT2D eigenvalue weighted by Crippen LogP contribution is 2.16. The van der Waals surface area contributed by atoms with Gasteiger partial charge in [0.2, 0.25) is 0 Å². The normalized spacial score (nSPS) is 10.0. The molecule has 1 aromatic rings. The van der Waals surface area contributed by atoms with E-state index in [1.807, 2.05) is 6.92 Å². The number of carbonyl (C=O) groups excluding carboxylic acids is 1. The van der Waals surface area contributed by atoms with E-state index in [1.165, 1.54) is 4.90 Å². The first-order valence-corrected chi connectivity index (χ1v) is 5.71. The van der Waals surface area contributed by atoms with Crippen molar-refractivity contribution in [3.63, 3.8) is 0 Å². The van der Waals surface area contributed by atoms with E-state index in [4.69, 9.17) is 5.73 Å². The van der Waals surface area contributed by atoms with Crippen molar-refractivity contribution in [3.05, 3.63) is 11.4 Å². The van der Waals surface area contributed by atoms with E-state index in [-0.39, 0.29) is 6.03 Å². The molecule has 0 aliphatic rings. The van der Waals surface area contributed by atoms with Gasteiger partial charge in [-0.1, -0.05) is 0 Å². The molecule has 18 heavy (non-hydrogen) atoms. The van der Waals surface area contributed by atoms with Gasteiger partial charge >= 0.3 is 6.03 Å². The number of anilines is 2. The van der Waals surface area contributed by atoms with Gasteiger partial charge in [-0.15, -0.1) is 0 Å². The minimum absolute atomic E-state index is 0.119. The molecule has 7 nitrogen and oxygen atoms in total. The molecule has 0 atom stereocenters. The molecular formula is C11H20N6O. The quantitative estimate of drug-likeness (QED) is 0.672. The lowest BCUT2D eigenvalue weighted by Crippen LogP contribution is -2.37. The number of nitrogens with zero attached hydrogens (tertiary/aromatic N) is 3. The molecule has 0 aliphatic heterocycles. The van der Waals surface area contributed by atoms with E-state index in [9.17, 15) is 4.79 Å². The predicted octanol–water partition coefficient (Wildman–Crippen LogP) is 0.359. The molecule has 4 N–H and O–H groups in total. The molecule has 0 fully saturated rings. The first kappa shape index (κ1) is 14.0. The van der Waals surface area contributed by atoms with Gasteiger partial charge in [-0.2, -0.15) is 0 Å². The summed E-state index contributed by atoms with van der Waals surface area (Å²) in [5, 5.41) is 5.88. The van der Waals surface area contributed by atoms with Crippen LogP contribution in [0.15, 0.2) is 0 Å². The van der Waals surface area contributed by atoms with Gasteiger partial charge in [-0.3, -0.25) is 0 Å². The summed E-state index contributed by atoms with van der Waals surface area (Å²) < 4.78 is 0. The maximum Gasteiger partial charge on any atom is 0.316 e. The van der Waals surface area contributed by atoms with E-state index in [0.717, 1.165) is 5.56 Å². The number of aromatic nitrogens is 2. The Bertz CT molecular complexity index is 432. The Labute approximate surface area is 107 Å². The number of aryl methyl sites for hydroxylation is 1. The van der Waals surface area contributed by atoms with Crippen molar-refractivity contribution in [2.45, 2.75) is 13.8 Å². The average Bonchev–Trinajstić information content (AvgIpc) is 2.29. The van der Waals surface area contributed by atoms with E-state index < -0.39 is 0 Å². The zero-order valence-electron chi connectivity index (χ0n) is 11.2. The van der Waals surface area contributed by atoms with Crippen LogP contribution in [0.2, 0.25) is 0 Å². The number of nitrogens with two attached hydrogens (primary N) is 1. The average molecular weight is 252 g/mol. The Hall–Kier alpha value is -2.05. The largest absolute Gasteiger partial charge is 0.383 e. The number of hydrogen-bond acceptors (Lipinski definition) is 5. The number of urea groups is 1. The molecule has 0 bridgehead atoms. The van der Waals surface area contributed by atoms with E-state index >= 15 is 0 Å². The Morgan fingerprint density at radius 2 is 1.94 bits per heavy atom. The van der Waals surface area contributed by atoms with Crippen LogP contribution in [0.3, 0.4) is 0 Å². The van der Waals surface area contributed by atoms with Gasteiger partial charge in [0.1, 0.15) is 17.5 Å². The fourth-order valence-electron chi connectivity index (χ4n) is 1.33. The van der Waals surface area contributed by atoms with Crippen molar-refractivity contribution < 1.29 is 4.79 Å². The van der Waals surface area contributed by atoms with Crippen molar-refractivity contribution in [2.75, 3.05) is 38.2 Å². The van der Waals surface area contributed by atoms with Gasteiger partial charge in [-0.25, -0.2) is 14.8 Å². The number of carbonyl (C=O) groups is 1. The van der Waals surface area contributed by atoms with Gasteiger partial charge in [0.05, 0.1) is 0 Å². The summed E-state index contributed by atoms with van der Waals surface area (Å²) >= 11 is 0. The minimum atomic E-state index is -0.119. The topological polar surface area (TPSA) is 96.2 Å². The minimum Gasteiger partial charge on any atom is -0.383 e. The zero-order valence-corrected chi connectivity index (χ0v) is 11.2. The summed E-state index contributed by atoms with van der Waals surface area (Å²) in [5.74, 6) is 1.80. The number of nitrogen functional groups attached to an aromatic ring is 1. The van der Waals surface area contributed by atoms with Crippen molar-refractivity contribution in [3.8, 4) is 0 Å². The summed E-state index contributed by atoms with van der Waals surface area (Å²) in [5.41, 5.74) is 6.57. The lowest BCUT2D eigenvalue weighted by Gasteiger charge is -2.13. The summed E-state index contributed by atoms with van der Waals surface area (Å²) in [4.78, 5) is 21.1. The molecular weight excluding hydrogens is 232 g/mol. The highest BCUT2D eigenvalue weighted by molar-refractivity contribution is 5.73. The highest BCUT2D eigenvalue weighted by Gasteiger charge is 2.06. The Morgan fingerprint density at radius 1 is 1.28 bits per heavy atom. The SMILES string of the molecule is Cc1nc(N)c(C)c(NCCNC(=O)N(C)C)n1. The van der Waals surface area contributed by atoms with Crippen LogP contribution >= 0.6 is 0 Å². The fraction of sp³-hybridized carbons (Fsp3) is 0.545. The molecule has 0 aromatic carbocycles. The second kappa shape index (κ2) is 6.04. The van der Waals surface area contributed by atoms with Crippen LogP contribution < -0.4 is 16.4 Å². The monoisotopic (exact) mass is 252 g/mol. The third-order valence-electron chi connectivity index (χ3n) is 2.40. The van der Waals surface area contributed by atoms with Crippen molar-refractivity contribution in [1.82, 2.24) is 20.2 Å². The number of rotatable bonds is 4. The molecule has 0 saturated heterocycles. The maximum atomic E-state index is 11.3. The standard InChI is InChI=1S/C11H20N6O/c1-7-9(12)15-8(2)16-10(7)13-5-6-14-11(18)17(3)4/h5-6H2,1-4H3,(H,14,18)(H3,12,13,15,16). The molecule has 0 unspecified atom stereocenters. The second-order valence-electron chi connectivity index (χ2n) is 4.18. The van der Waals surface area contributed by atoms with E-state index in [1.54, 1.807) is 21.0 Å². The highest BCUT2D eigenvalue weighted by atomic mass is 16.2. The fourth-order valence-corrected chi connectivity index (χ4v) is 1.33. The molecule has 100 valence electrons. The van der Waals surface area contributed by atoms with Gasteiger partial charge in [0.15, 0.2) is 0 Å². The zero-order chi connectivity index (χ0) is 13.7. The van der Waals surface area contributed by atoms with E-state index in [2.05, 4.69) is 20.6 Å².